The number of rotatable bonds is 4. The van der Waals surface area contributed by atoms with Gasteiger partial charge in [-0.1, -0.05) is 64.3 Å². The highest BCUT2D eigenvalue weighted by Crippen LogP contribution is 2.21. The molecule has 0 aromatic heterocycles. The Morgan fingerprint density at radius 1 is 1.21 bits per heavy atom. The molecule has 0 fully saturated rings. The number of benzene rings is 1. The number of halogens is 2. The zero-order valence-corrected chi connectivity index (χ0v) is 11.8. The fourth-order valence-corrected chi connectivity index (χ4v) is 2.31. The second-order valence-electron chi connectivity index (χ2n) is 3.73. The topological polar surface area (TPSA) is 0 Å². The Kier molecular flexibility index (Phi) is 5.18. The van der Waals surface area contributed by atoms with Crippen LogP contribution in [0.25, 0.3) is 0 Å². The maximum Gasteiger partial charge on any atom is 0.0211 e. The van der Waals surface area contributed by atoms with Crippen LogP contribution in [0.15, 0.2) is 28.7 Å². The fraction of sp³-hybridized carbons (Fsp3) is 0.500. The summed E-state index contributed by atoms with van der Waals surface area (Å²) >= 11 is 7.19. The SMILES string of the molecule is CCC(C)C(Br)Cc1ccc(Br)cc1. The predicted octanol–water partition coefficient (Wildman–Crippen LogP) is 4.80. The molecule has 78 valence electrons. The quantitative estimate of drug-likeness (QED) is 0.699. The fourth-order valence-electron chi connectivity index (χ4n) is 1.30. The molecule has 0 bridgehead atoms. The van der Waals surface area contributed by atoms with Gasteiger partial charge >= 0.3 is 0 Å². The molecule has 1 rings (SSSR count). The van der Waals surface area contributed by atoms with Gasteiger partial charge in [0.2, 0.25) is 0 Å². The van der Waals surface area contributed by atoms with E-state index in [1.165, 1.54) is 12.0 Å². The van der Waals surface area contributed by atoms with Crippen LogP contribution in [-0.2, 0) is 6.42 Å². The maximum atomic E-state index is 3.75. The molecule has 2 atom stereocenters. The van der Waals surface area contributed by atoms with Gasteiger partial charge in [0, 0.05) is 9.30 Å². The Bertz CT molecular complexity index is 266. The molecule has 14 heavy (non-hydrogen) atoms. The van der Waals surface area contributed by atoms with Crippen LogP contribution in [0.5, 0.6) is 0 Å². The van der Waals surface area contributed by atoms with Gasteiger partial charge in [0.1, 0.15) is 0 Å². The van der Waals surface area contributed by atoms with Crippen molar-refractivity contribution in [1.82, 2.24) is 0 Å². The van der Waals surface area contributed by atoms with E-state index >= 15 is 0 Å². The molecule has 2 unspecified atom stereocenters. The van der Waals surface area contributed by atoms with Gasteiger partial charge in [-0.3, -0.25) is 0 Å². The van der Waals surface area contributed by atoms with Crippen LogP contribution in [0.1, 0.15) is 25.8 Å². The van der Waals surface area contributed by atoms with E-state index in [1.807, 2.05) is 0 Å². The molecule has 2 heteroatoms. The first-order valence-electron chi connectivity index (χ1n) is 5.02. The van der Waals surface area contributed by atoms with Crippen LogP contribution in [-0.4, -0.2) is 4.83 Å². The average Bonchev–Trinajstić information content (AvgIpc) is 2.20. The molecule has 1 aromatic carbocycles. The number of hydrogen-bond donors (Lipinski definition) is 0. The van der Waals surface area contributed by atoms with Crippen molar-refractivity contribution >= 4 is 31.9 Å². The van der Waals surface area contributed by atoms with Crippen molar-refractivity contribution in [3.8, 4) is 0 Å². The third-order valence-corrected chi connectivity index (χ3v) is 4.36. The molecule has 0 radical (unpaired) electrons. The van der Waals surface area contributed by atoms with E-state index in [4.69, 9.17) is 0 Å². The molecular formula is C12H16Br2. The lowest BCUT2D eigenvalue weighted by Gasteiger charge is -2.16. The monoisotopic (exact) mass is 318 g/mol. The summed E-state index contributed by atoms with van der Waals surface area (Å²) in [6, 6.07) is 8.57. The summed E-state index contributed by atoms with van der Waals surface area (Å²) in [5.41, 5.74) is 1.40. The number of alkyl halides is 1. The van der Waals surface area contributed by atoms with E-state index in [1.54, 1.807) is 0 Å². The van der Waals surface area contributed by atoms with Crippen molar-refractivity contribution in [3.63, 3.8) is 0 Å². The van der Waals surface area contributed by atoms with Crippen molar-refractivity contribution in [1.29, 1.82) is 0 Å². The van der Waals surface area contributed by atoms with Crippen LogP contribution in [0.2, 0.25) is 0 Å². The Hall–Kier alpha value is 0.180. The summed E-state index contributed by atoms with van der Waals surface area (Å²) in [5, 5.41) is 0. The number of hydrogen-bond acceptors (Lipinski definition) is 0. The molecule has 0 amide bonds. The van der Waals surface area contributed by atoms with E-state index in [-0.39, 0.29) is 0 Å². The first-order valence-corrected chi connectivity index (χ1v) is 6.73. The molecule has 0 aliphatic heterocycles. The normalized spacial score (nSPS) is 15.1. The Balaban J connectivity index is 2.56. The highest BCUT2D eigenvalue weighted by molar-refractivity contribution is 9.10. The van der Waals surface area contributed by atoms with Crippen molar-refractivity contribution < 1.29 is 0 Å². The smallest absolute Gasteiger partial charge is 0.0211 e. The summed E-state index contributed by atoms with van der Waals surface area (Å²) in [5.74, 6) is 0.735. The van der Waals surface area contributed by atoms with E-state index in [9.17, 15) is 0 Å². The molecule has 0 spiro atoms. The van der Waals surface area contributed by atoms with Crippen LogP contribution in [0.4, 0.5) is 0 Å². The third kappa shape index (κ3) is 3.74. The van der Waals surface area contributed by atoms with E-state index < -0.39 is 0 Å². The van der Waals surface area contributed by atoms with Crippen LogP contribution < -0.4 is 0 Å². The minimum atomic E-state index is 0.591. The van der Waals surface area contributed by atoms with Gasteiger partial charge in [0.05, 0.1) is 0 Å². The van der Waals surface area contributed by atoms with Gasteiger partial charge in [-0.25, -0.2) is 0 Å². The Morgan fingerprint density at radius 3 is 2.29 bits per heavy atom. The summed E-state index contributed by atoms with van der Waals surface area (Å²) in [6.45, 7) is 4.53. The average molecular weight is 320 g/mol. The minimum Gasteiger partial charge on any atom is -0.0884 e. The summed E-state index contributed by atoms with van der Waals surface area (Å²) < 4.78 is 1.15. The molecule has 0 aliphatic rings. The van der Waals surface area contributed by atoms with Gasteiger partial charge in [0.15, 0.2) is 0 Å². The van der Waals surface area contributed by atoms with Crippen molar-refractivity contribution in [2.45, 2.75) is 31.5 Å². The molecule has 0 heterocycles. The lowest BCUT2D eigenvalue weighted by Crippen LogP contribution is -2.12. The Labute approximate surface area is 103 Å². The van der Waals surface area contributed by atoms with E-state index in [0.29, 0.717) is 4.83 Å². The van der Waals surface area contributed by atoms with Gasteiger partial charge < -0.3 is 0 Å². The minimum absolute atomic E-state index is 0.591. The lowest BCUT2D eigenvalue weighted by molar-refractivity contribution is 0.538. The molecule has 0 saturated heterocycles. The molecule has 0 nitrogen and oxygen atoms in total. The van der Waals surface area contributed by atoms with Gasteiger partial charge in [0.25, 0.3) is 0 Å². The second-order valence-corrected chi connectivity index (χ2v) is 5.82. The van der Waals surface area contributed by atoms with E-state index in [2.05, 4.69) is 70.0 Å². The van der Waals surface area contributed by atoms with Gasteiger partial charge in [-0.05, 0) is 30.0 Å². The first kappa shape index (κ1) is 12.3. The van der Waals surface area contributed by atoms with Crippen LogP contribution in [0, 0.1) is 5.92 Å². The molecule has 0 aliphatic carbocycles. The highest BCUT2D eigenvalue weighted by Gasteiger charge is 2.12. The maximum absolute atomic E-state index is 3.75. The van der Waals surface area contributed by atoms with Crippen LogP contribution in [0.3, 0.4) is 0 Å². The Morgan fingerprint density at radius 2 is 1.79 bits per heavy atom. The molecule has 0 saturated carbocycles. The summed E-state index contributed by atoms with van der Waals surface area (Å²) in [4.78, 5) is 0.591. The predicted molar refractivity (Wildman–Crippen MR) is 70.0 cm³/mol. The zero-order valence-electron chi connectivity index (χ0n) is 8.63. The van der Waals surface area contributed by atoms with Gasteiger partial charge in [-0.15, -0.1) is 0 Å². The lowest BCUT2D eigenvalue weighted by atomic mass is 9.99. The van der Waals surface area contributed by atoms with E-state index in [0.717, 1.165) is 16.8 Å². The third-order valence-electron chi connectivity index (χ3n) is 2.61. The van der Waals surface area contributed by atoms with Crippen molar-refractivity contribution in [2.24, 2.45) is 5.92 Å². The van der Waals surface area contributed by atoms with Gasteiger partial charge in [-0.2, -0.15) is 0 Å². The summed E-state index contributed by atoms with van der Waals surface area (Å²) in [7, 11) is 0. The van der Waals surface area contributed by atoms with Crippen molar-refractivity contribution in [2.75, 3.05) is 0 Å². The largest absolute Gasteiger partial charge is 0.0884 e. The zero-order chi connectivity index (χ0) is 10.6. The highest BCUT2D eigenvalue weighted by atomic mass is 79.9. The molecule has 1 aromatic rings. The molecular weight excluding hydrogens is 304 g/mol. The summed E-state index contributed by atoms with van der Waals surface area (Å²) in [6.07, 6.45) is 2.34. The van der Waals surface area contributed by atoms with Crippen LogP contribution >= 0.6 is 31.9 Å². The molecule has 0 N–H and O–H groups in total. The second kappa shape index (κ2) is 5.92. The van der Waals surface area contributed by atoms with Crippen molar-refractivity contribution in [3.05, 3.63) is 34.3 Å². The standard InChI is InChI=1S/C12H16Br2/c1-3-9(2)12(14)8-10-4-6-11(13)7-5-10/h4-7,9,12H,3,8H2,1-2H3. The first-order chi connectivity index (χ1) is 6.63.